The van der Waals surface area contributed by atoms with E-state index in [1.807, 2.05) is 24.5 Å². The second-order valence-corrected chi connectivity index (χ2v) is 4.67. The predicted molar refractivity (Wildman–Crippen MR) is 77.6 cm³/mol. The van der Waals surface area contributed by atoms with Crippen molar-refractivity contribution in [1.29, 1.82) is 0 Å². The Morgan fingerprint density at radius 1 is 1.24 bits per heavy atom. The van der Waals surface area contributed by atoms with Gasteiger partial charge in [0.1, 0.15) is 11.9 Å². The molecule has 5 nitrogen and oxygen atoms in total. The predicted octanol–water partition coefficient (Wildman–Crippen LogP) is 2.08. The molecule has 0 fully saturated rings. The average Bonchev–Trinajstić information content (AvgIpc) is 2.94. The molecule has 0 radical (unpaired) electrons. The van der Waals surface area contributed by atoms with Gasteiger partial charge >= 0.3 is 0 Å². The second kappa shape index (κ2) is 6.21. The van der Waals surface area contributed by atoms with Crippen LogP contribution in [-0.4, -0.2) is 22.4 Å². The molecular weight excluding hydrogens is 273 g/mol. The normalized spacial score (nSPS) is 11.8. The van der Waals surface area contributed by atoms with Crippen LogP contribution in [-0.2, 0) is 9.59 Å². The lowest BCUT2D eigenvalue weighted by atomic mass is 10.2. The Kier molecular flexibility index (Phi) is 4.37. The number of amides is 2. The van der Waals surface area contributed by atoms with Crippen LogP contribution in [0.5, 0.6) is 0 Å². The van der Waals surface area contributed by atoms with Crippen molar-refractivity contribution in [3.63, 3.8) is 0 Å². The maximum Gasteiger partial charge on any atom is 0.246 e. The number of aromatic nitrogens is 1. The van der Waals surface area contributed by atoms with Gasteiger partial charge in [-0.2, -0.15) is 0 Å². The number of carbonyl (C=O) groups is 2. The SMILES string of the molecule is CC(=O)NC(C)C(=O)Nc1cc(-n2cccc2)ccc1F. The van der Waals surface area contributed by atoms with Crippen LogP contribution in [0.4, 0.5) is 10.1 Å². The molecule has 21 heavy (non-hydrogen) atoms. The van der Waals surface area contributed by atoms with Gasteiger partial charge in [-0.1, -0.05) is 0 Å². The molecule has 0 aliphatic rings. The first-order valence-corrected chi connectivity index (χ1v) is 6.48. The number of hydrogen-bond acceptors (Lipinski definition) is 2. The van der Waals surface area contributed by atoms with Crippen LogP contribution < -0.4 is 10.6 Å². The lowest BCUT2D eigenvalue weighted by Gasteiger charge is -2.14. The third-order valence-corrected chi connectivity index (χ3v) is 2.92. The maximum atomic E-state index is 13.8. The van der Waals surface area contributed by atoms with Crippen molar-refractivity contribution in [3.8, 4) is 5.69 Å². The zero-order valence-electron chi connectivity index (χ0n) is 11.8. The van der Waals surface area contributed by atoms with Crippen LogP contribution in [0.25, 0.3) is 5.69 Å². The van der Waals surface area contributed by atoms with Crippen LogP contribution in [0, 0.1) is 5.82 Å². The molecule has 1 aromatic heterocycles. The summed E-state index contributed by atoms with van der Waals surface area (Å²) in [4.78, 5) is 22.8. The van der Waals surface area contributed by atoms with E-state index in [2.05, 4.69) is 10.6 Å². The number of benzene rings is 1. The van der Waals surface area contributed by atoms with Gasteiger partial charge in [0.2, 0.25) is 11.8 Å². The molecule has 1 heterocycles. The molecule has 110 valence electrons. The number of carbonyl (C=O) groups excluding carboxylic acids is 2. The summed E-state index contributed by atoms with van der Waals surface area (Å²) in [6.07, 6.45) is 3.64. The molecule has 6 heteroatoms. The number of hydrogen-bond donors (Lipinski definition) is 2. The Hall–Kier alpha value is -2.63. The van der Waals surface area contributed by atoms with Crippen molar-refractivity contribution >= 4 is 17.5 Å². The minimum atomic E-state index is -0.739. The number of nitrogens with zero attached hydrogens (tertiary/aromatic N) is 1. The lowest BCUT2D eigenvalue weighted by Crippen LogP contribution is -2.40. The van der Waals surface area contributed by atoms with Crippen LogP contribution in [0.1, 0.15) is 13.8 Å². The zero-order valence-corrected chi connectivity index (χ0v) is 11.8. The Morgan fingerprint density at radius 3 is 2.52 bits per heavy atom. The summed E-state index contributed by atoms with van der Waals surface area (Å²) in [5.41, 5.74) is 0.798. The summed E-state index contributed by atoms with van der Waals surface area (Å²) in [7, 11) is 0. The summed E-state index contributed by atoms with van der Waals surface area (Å²) >= 11 is 0. The summed E-state index contributed by atoms with van der Waals surface area (Å²) < 4.78 is 15.6. The van der Waals surface area contributed by atoms with Gasteiger partial charge in [-0.15, -0.1) is 0 Å². The lowest BCUT2D eigenvalue weighted by molar-refractivity contribution is -0.124. The monoisotopic (exact) mass is 289 g/mol. The molecule has 0 aliphatic carbocycles. The second-order valence-electron chi connectivity index (χ2n) is 4.67. The van der Waals surface area contributed by atoms with Crippen molar-refractivity contribution in [1.82, 2.24) is 9.88 Å². The molecule has 0 saturated carbocycles. The standard InChI is InChI=1S/C15H16FN3O2/c1-10(17-11(2)20)15(21)18-14-9-12(5-6-13(14)16)19-7-3-4-8-19/h3-10H,1-2H3,(H,17,20)(H,18,21). The molecule has 2 amide bonds. The van der Waals surface area contributed by atoms with E-state index in [-0.39, 0.29) is 11.6 Å². The first-order valence-electron chi connectivity index (χ1n) is 6.48. The fourth-order valence-corrected chi connectivity index (χ4v) is 1.89. The van der Waals surface area contributed by atoms with Crippen LogP contribution in [0.3, 0.4) is 0 Å². The molecule has 0 saturated heterocycles. The smallest absolute Gasteiger partial charge is 0.246 e. The van der Waals surface area contributed by atoms with Crippen LogP contribution in [0.15, 0.2) is 42.7 Å². The maximum absolute atomic E-state index is 13.8. The van der Waals surface area contributed by atoms with Crippen LogP contribution >= 0.6 is 0 Å². The highest BCUT2D eigenvalue weighted by molar-refractivity contribution is 5.96. The van der Waals surface area contributed by atoms with E-state index >= 15 is 0 Å². The molecular formula is C15H16FN3O2. The summed E-state index contributed by atoms with van der Waals surface area (Å²) in [5.74, 6) is -1.33. The summed E-state index contributed by atoms with van der Waals surface area (Å²) in [6, 6.07) is 7.39. The first kappa shape index (κ1) is 14.8. The van der Waals surface area contributed by atoms with Crippen molar-refractivity contribution in [2.75, 3.05) is 5.32 Å². The van der Waals surface area contributed by atoms with E-state index in [9.17, 15) is 14.0 Å². The van der Waals surface area contributed by atoms with Gasteiger partial charge in [-0.05, 0) is 37.3 Å². The molecule has 1 aromatic carbocycles. The molecule has 2 rings (SSSR count). The van der Waals surface area contributed by atoms with Gasteiger partial charge < -0.3 is 15.2 Å². The van der Waals surface area contributed by atoms with Crippen molar-refractivity contribution in [2.24, 2.45) is 0 Å². The first-order chi connectivity index (χ1) is 9.97. The molecule has 2 aromatic rings. The minimum absolute atomic E-state index is 0.0726. The van der Waals surface area contributed by atoms with Gasteiger partial charge in [0.25, 0.3) is 0 Å². The topological polar surface area (TPSA) is 63.1 Å². The molecule has 0 aliphatic heterocycles. The van der Waals surface area contributed by atoms with Gasteiger partial charge in [-0.25, -0.2) is 4.39 Å². The highest BCUT2D eigenvalue weighted by Gasteiger charge is 2.15. The van der Waals surface area contributed by atoms with Gasteiger partial charge in [0, 0.05) is 25.0 Å². The van der Waals surface area contributed by atoms with Crippen LogP contribution in [0.2, 0.25) is 0 Å². The highest BCUT2D eigenvalue weighted by atomic mass is 19.1. The largest absolute Gasteiger partial charge is 0.345 e. The third kappa shape index (κ3) is 3.68. The third-order valence-electron chi connectivity index (χ3n) is 2.92. The van der Waals surface area contributed by atoms with Crippen molar-refractivity contribution in [3.05, 3.63) is 48.5 Å². The van der Waals surface area contributed by atoms with E-state index in [0.29, 0.717) is 0 Å². The summed E-state index contributed by atoms with van der Waals surface area (Å²) in [6.45, 7) is 2.85. The molecule has 1 atom stereocenters. The van der Waals surface area contributed by atoms with E-state index in [1.54, 1.807) is 10.6 Å². The van der Waals surface area contributed by atoms with E-state index in [1.165, 1.54) is 26.0 Å². The van der Waals surface area contributed by atoms with Crippen molar-refractivity contribution < 1.29 is 14.0 Å². The fraction of sp³-hybridized carbons (Fsp3) is 0.200. The number of rotatable bonds is 4. The Balaban J connectivity index is 2.18. The Morgan fingerprint density at radius 2 is 1.90 bits per heavy atom. The van der Waals surface area contributed by atoms with Crippen molar-refractivity contribution in [2.45, 2.75) is 19.9 Å². The highest BCUT2D eigenvalue weighted by Crippen LogP contribution is 2.19. The minimum Gasteiger partial charge on any atom is -0.345 e. The zero-order chi connectivity index (χ0) is 15.4. The molecule has 0 bridgehead atoms. The Labute approximate surface area is 121 Å². The van der Waals surface area contributed by atoms with Gasteiger partial charge in [0.15, 0.2) is 0 Å². The van der Waals surface area contributed by atoms with E-state index in [4.69, 9.17) is 0 Å². The Bertz CT molecular complexity index is 653. The van der Waals surface area contributed by atoms with E-state index < -0.39 is 17.8 Å². The van der Waals surface area contributed by atoms with Gasteiger partial charge in [-0.3, -0.25) is 9.59 Å². The van der Waals surface area contributed by atoms with E-state index in [0.717, 1.165) is 5.69 Å². The number of halogens is 1. The van der Waals surface area contributed by atoms with Gasteiger partial charge in [0.05, 0.1) is 5.69 Å². The molecule has 2 N–H and O–H groups in total. The molecule has 0 spiro atoms. The fourth-order valence-electron chi connectivity index (χ4n) is 1.89. The number of anilines is 1. The summed E-state index contributed by atoms with van der Waals surface area (Å²) in [5, 5.41) is 4.92. The average molecular weight is 289 g/mol. The number of nitrogens with one attached hydrogen (secondary N) is 2. The quantitative estimate of drug-likeness (QED) is 0.905. The molecule has 1 unspecified atom stereocenters.